The van der Waals surface area contributed by atoms with Crippen LogP contribution in [0.15, 0.2) is 30.5 Å². The number of nitrogens with zero attached hydrogens (tertiary/aromatic N) is 4. The highest BCUT2D eigenvalue weighted by molar-refractivity contribution is 5.92. The highest BCUT2D eigenvalue weighted by Crippen LogP contribution is 2.26. The van der Waals surface area contributed by atoms with Crippen LogP contribution in [0.5, 0.6) is 0 Å². The minimum absolute atomic E-state index is 0.0548. The van der Waals surface area contributed by atoms with Gasteiger partial charge in [-0.05, 0) is 49.9 Å². The molecule has 158 valence electrons. The van der Waals surface area contributed by atoms with Crippen molar-refractivity contribution in [3.05, 3.63) is 47.8 Å². The van der Waals surface area contributed by atoms with E-state index in [4.69, 9.17) is 0 Å². The lowest BCUT2D eigenvalue weighted by Crippen LogP contribution is -2.41. The fraction of sp³-hybridized carbons (Fsp3) is 0.429. The molecule has 2 aromatic heterocycles. The van der Waals surface area contributed by atoms with Crippen LogP contribution in [0.4, 0.5) is 4.39 Å². The number of hydrogen-bond donors (Lipinski definition) is 2. The number of nitrogens with one attached hydrogen (secondary N) is 2. The van der Waals surface area contributed by atoms with Gasteiger partial charge in [0, 0.05) is 32.3 Å². The Hall–Kier alpha value is -3.23. The van der Waals surface area contributed by atoms with Gasteiger partial charge >= 0.3 is 0 Å². The molecule has 0 spiro atoms. The Balaban J connectivity index is 1.29. The SMILES string of the molecule is CN(Cc1nc2ccc(F)cc2[nH]1)C(=O)C1CCC(NC(=O)c2ccn(C)n2)CC1. The summed E-state index contributed by atoms with van der Waals surface area (Å²) in [5, 5.41) is 7.13. The first-order chi connectivity index (χ1) is 14.4. The van der Waals surface area contributed by atoms with Gasteiger partial charge in [-0.25, -0.2) is 9.37 Å². The highest BCUT2D eigenvalue weighted by atomic mass is 19.1. The zero-order valence-corrected chi connectivity index (χ0v) is 17.1. The van der Waals surface area contributed by atoms with E-state index in [0.717, 1.165) is 25.7 Å². The molecule has 2 amide bonds. The van der Waals surface area contributed by atoms with Crippen LogP contribution in [0.1, 0.15) is 42.0 Å². The average molecular weight is 412 g/mol. The fourth-order valence-electron chi connectivity index (χ4n) is 4.00. The molecule has 0 radical (unpaired) electrons. The molecule has 0 saturated heterocycles. The van der Waals surface area contributed by atoms with Gasteiger partial charge in [-0.15, -0.1) is 0 Å². The van der Waals surface area contributed by atoms with Crippen molar-refractivity contribution in [2.75, 3.05) is 7.05 Å². The number of rotatable bonds is 5. The number of aromatic amines is 1. The second-order valence-electron chi connectivity index (χ2n) is 7.94. The minimum Gasteiger partial charge on any atom is -0.348 e. The van der Waals surface area contributed by atoms with Gasteiger partial charge in [0.15, 0.2) is 0 Å². The van der Waals surface area contributed by atoms with E-state index in [1.165, 1.54) is 12.1 Å². The summed E-state index contributed by atoms with van der Waals surface area (Å²) in [5.74, 6) is 0.122. The first kappa shape index (κ1) is 20.1. The predicted octanol–water partition coefficient (Wildman–Crippen LogP) is 2.38. The lowest BCUT2D eigenvalue weighted by atomic mass is 9.85. The van der Waals surface area contributed by atoms with E-state index in [2.05, 4.69) is 20.4 Å². The molecule has 2 heterocycles. The summed E-state index contributed by atoms with van der Waals surface area (Å²) in [5.41, 5.74) is 1.70. The van der Waals surface area contributed by atoms with Gasteiger partial charge in [0.1, 0.15) is 17.3 Å². The number of H-pyrrole nitrogens is 1. The number of carbonyl (C=O) groups is 2. The van der Waals surface area contributed by atoms with Crippen LogP contribution >= 0.6 is 0 Å². The van der Waals surface area contributed by atoms with Crippen LogP contribution in [0.2, 0.25) is 0 Å². The Bertz CT molecular complexity index is 1070. The van der Waals surface area contributed by atoms with Crippen molar-refractivity contribution in [2.24, 2.45) is 13.0 Å². The van der Waals surface area contributed by atoms with Crippen LogP contribution in [-0.4, -0.2) is 49.6 Å². The van der Waals surface area contributed by atoms with E-state index < -0.39 is 0 Å². The topological polar surface area (TPSA) is 95.9 Å². The monoisotopic (exact) mass is 412 g/mol. The van der Waals surface area contributed by atoms with Crippen LogP contribution in [0, 0.1) is 11.7 Å². The van der Waals surface area contributed by atoms with Gasteiger partial charge in [-0.3, -0.25) is 14.3 Å². The van der Waals surface area contributed by atoms with Gasteiger partial charge in [0.25, 0.3) is 5.91 Å². The maximum absolute atomic E-state index is 13.3. The van der Waals surface area contributed by atoms with Gasteiger partial charge in [0.2, 0.25) is 5.91 Å². The zero-order valence-electron chi connectivity index (χ0n) is 17.1. The molecule has 1 aliphatic carbocycles. The average Bonchev–Trinajstić information content (AvgIpc) is 3.33. The van der Waals surface area contributed by atoms with Crippen LogP contribution in [0.3, 0.4) is 0 Å². The van der Waals surface area contributed by atoms with E-state index in [1.54, 1.807) is 42.0 Å². The Morgan fingerprint density at radius 2 is 2.03 bits per heavy atom. The normalized spacial score (nSPS) is 19.0. The molecule has 1 aromatic carbocycles. The maximum Gasteiger partial charge on any atom is 0.271 e. The number of imidazole rings is 1. The maximum atomic E-state index is 13.3. The number of amides is 2. The molecule has 30 heavy (non-hydrogen) atoms. The summed E-state index contributed by atoms with van der Waals surface area (Å²) in [6.45, 7) is 0.339. The molecule has 2 N–H and O–H groups in total. The lowest BCUT2D eigenvalue weighted by Gasteiger charge is -2.30. The van der Waals surface area contributed by atoms with E-state index in [0.29, 0.717) is 29.1 Å². The number of hydrogen-bond acceptors (Lipinski definition) is 4. The predicted molar refractivity (Wildman–Crippen MR) is 109 cm³/mol. The fourth-order valence-corrected chi connectivity index (χ4v) is 4.00. The molecule has 0 atom stereocenters. The standard InChI is InChI=1S/C21H25FN6O2/c1-27(12-19-24-16-8-5-14(22)11-18(16)25-19)21(30)13-3-6-15(7-4-13)23-20(29)17-9-10-28(2)26-17/h5,8-11,13,15H,3-4,6-7,12H2,1-2H3,(H,23,29)(H,24,25). The van der Waals surface area contributed by atoms with Gasteiger partial charge in [-0.2, -0.15) is 5.10 Å². The van der Waals surface area contributed by atoms with Crippen LogP contribution in [0.25, 0.3) is 11.0 Å². The third-order valence-electron chi connectivity index (χ3n) is 5.61. The third kappa shape index (κ3) is 4.34. The number of fused-ring (bicyclic) bond motifs is 1. The first-order valence-corrected chi connectivity index (χ1v) is 10.1. The highest BCUT2D eigenvalue weighted by Gasteiger charge is 2.29. The quantitative estimate of drug-likeness (QED) is 0.673. The van der Waals surface area contributed by atoms with E-state index in [1.807, 2.05) is 0 Å². The Morgan fingerprint density at radius 1 is 1.27 bits per heavy atom. The molecular formula is C21H25FN6O2. The number of benzene rings is 1. The van der Waals surface area contributed by atoms with Crippen molar-refractivity contribution in [2.45, 2.75) is 38.3 Å². The molecule has 1 saturated carbocycles. The number of carbonyl (C=O) groups excluding carboxylic acids is 2. The Morgan fingerprint density at radius 3 is 2.73 bits per heavy atom. The Labute approximate surface area is 173 Å². The number of halogens is 1. The molecule has 0 aliphatic heterocycles. The van der Waals surface area contributed by atoms with Crippen molar-refractivity contribution in [1.82, 2.24) is 30.0 Å². The number of aromatic nitrogens is 4. The summed E-state index contributed by atoms with van der Waals surface area (Å²) < 4.78 is 14.9. The molecule has 0 bridgehead atoms. The van der Waals surface area contributed by atoms with Crippen molar-refractivity contribution >= 4 is 22.8 Å². The van der Waals surface area contributed by atoms with Gasteiger partial charge in [0.05, 0.1) is 17.6 Å². The molecule has 9 heteroatoms. The second kappa shape index (κ2) is 8.25. The Kier molecular flexibility index (Phi) is 5.52. The van der Waals surface area contributed by atoms with E-state index in [9.17, 15) is 14.0 Å². The smallest absolute Gasteiger partial charge is 0.271 e. The molecular weight excluding hydrogens is 387 g/mol. The third-order valence-corrected chi connectivity index (χ3v) is 5.61. The molecule has 0 unspecified atom stereocenters. The van der Waals surface area contributed by atoms with Crippen molar-refractivity contribution in [3.8, 4) is 0 Å². The van der Waals surface area contributed by atoms with Gasteiger partial charge in [-0.1, -0.05) is 0 Å². The van der Waals surface area contributed by atoms with Crippen LogP contribution < -0.4 is 5.32 Å². The first-order valence-electron chi connectivity index (χ1n) is 10.1. The summed E-state index contributed by atoms with van der Waals surface area (Å²) >= 11 is 0. The summed E-state index contributed by atoms with van der Waals surface area (Å²) in [6.07, 6.45) is 4.70. The zero-order chi connectivity index (χ0) is 21.3. The second-order valence-corrected chi connectivity index (χ2v) is 7.94. The van der Waals surface area contributed by atoms with Crippen molar-refractivity contribution in [1.29, 1.82) is 0 Å². The molecule has 1 fully saturated rings. The summed E-state index contributed by atoms with van der Waals surface area (Å²) in [7, 11) is 3.53. The minimum atomic E-state index is -0.325. The number of aryl methyl sites for hydroxylation is 1. The molecule has 8 nitrogen and oxygen atoms in total. The van der Waals surface area contributed by atoms with Crippen molar-refractivity contribution < 1.29 is 14.0 Å². The largest absolute Gasteiger partial charge is 0.348 e. The lowest BCUT2D eigenvalue weighted by molar-refractivity contribution is -0.136. The summed E-state index contributed by atoms with van der Waals surface area (Å²) in [4.78, 5) is 34.3. The molecule has 3 aromatic rings. The van der Waals surface area contributed by atoms with E-state index in [-0.39, 0.29) is 29.6 Å². The van der Waals surface area contributed by atoms with Gasteiger partial charge < -0.3 is 15.2 Å². The van der Waals surface area contributed by atoms with E-state index >= 15 is 0 Å². The van der Waals surface area contributed by atoms with Crippen LogP contribution in [-0.2, 0) is 18.4 Å². The molecule has 1 aliphatic rings. The molecule has 4 rings (SSSR count). The summed E-state index contributed by atoms with van der Waals surface area (Å²) in [6, 6.07) is 6.12. The van der Waals surface area contributed by atoms with Crippen molar-refractivity contribution in [3.63, 3.8) is 0 Å².